The quantitative estimate of drug-likeness (QED) is 0.492. The van der Waals surface area contributed by atoms with Gasteiger partial charge in [-0.1, -0.05) is 6.07 Å². The predicted octanol–water partition coefficient (Wildman–Crippen LogP) is -0.250. The zero-order valence-corrected chi connectivity index (χ0v) is 12.3. The highest BCUT2D eigenvalue weighted by molar-refractivity contribution is 7.51. The van der Waals surface area contributed by atoms with E-state index in [0.717, 1.165) is 0 Å². The van der Waals surface area contributed by atoms with Gasteiger partial charge >= 0.3 is 13.3 Å². The molecule has 2 rings (SSSR count). The van der Waals surface area contributed by atoms with E-state index in [4.69, 9.17) is 14.5 Å². The number of aromatic amines is 1. The van der Waals surface area contributed by atoms with Crippen LogP contribution in [-0.4, -0.2) is 37.3 Å². The van der Waals surface area contributed by atoms with Crippen LogP contribution in [0.3, 0.4) is 0 Å². The van der Waals surface area contributed by atoms with Crippen molar-refractivity contribution in [2.45, 2.75) is 6.54 Å². The summed E-state index contributed by atoms with van der Waals surface area (Å²) in [6.45, 7) is -0.0353. The molecular weight excluding hydrogens is 313 g/mol. The molecule has 0 amide bonds. The topological polar surface area (TPSA) is 135 Å². The highest BCUT2D eigenvalue weighted by atomic mass is 31.2. The van der Waals surface area contributed by atoms with Gasteiger partial charge in [-0.2, -0.15) is 0 Å². The molecule has 10 heteroatoms. The smallest absolute Gasteiger partial charge is 0.350 e. The maximum absolute atomic E-state index is 11.8. The second-order valence-electron chi connectivity index (χ2n) is 4.44. The molecule has 0 bridgehead atoms. The molecular formula is C12H14N3O6P. The molecule has 0 aliphatic carbocycles. The van der Waals surface area contributed by atoms with Crippen LogP contribution in [0.1, 0.15) is 0 Å². The summed E-state index contributed by atoms with van der Waals surface area (Å²) in [7, 11) is -4.24. The van der Waals surface area contributed by atoms with Crippen LogP contribution in [0.15, 0.2) is 40.3 Å². The van der Waals surface area contributed by atoms with Crippen molar-refractivity contribution in [2.75, 3.05) is 13.0 Å². The Morgan fingerprint density at radius 3 is 2.77 bits per heavy atom. The molecule has 2 aromatic rings. The van der Waals surface area contributed by atoms with E-state index in [-0.39, 0.29) is 18.7 Å². The minimum Gasteiger partial charge on any atom is -0.367 e. The van der Waals surface area contributed by atoms with Crippen LogP contribution in [0.2, 0.25) is 0 Å². The lowest BCUT2D eigenvalue weighted by Crippen LogP contribution is -2.31. The summed E-state index contributed by atoms with van der Waals surface area (Å²) in [4.78, 5) is 46.9. The average Bonchev–Trinajstić information content (AvgIpc) is 2.45. The molecule has 0 saturated carbocycles. The van der Waals surface area contributed by atoms with Crippen LogP contribution in [-0.2, 0) is 15.8 Å². The van der Waals surface area contributed by atoms with Gasteiger partial charge in [0.25, 0.3) is 5.56 Å². The molecule has 9 nitrogen and oxygen atoms in total. The molecule has 22 heavy (non-hydrogen) atoms. The van der Waals surface area contributed by atoms with Crippen LogP contribution in [0.4, 0.5) is 0 Å². The lowest BCUT2D eigenvalue weighted by molar-refractivity contribution is 0.147. The Bertz CT molecular complexity index is 794. The lowest BCUT2D eigenvalue weighted by atomic mass is 10.1. The first-order valence-corrected chi connectivity index (χ1v) is 8.03. The summed E-state index contributed by atoms with van der Waals surface area (Å²) in [6, 6.07) is 3.34. The number of nitrogens with zero attached hydrogens (tertiary/aromatic N) is 2. The molecule has 0 aromatic carbocycles. The number of H-pyrrole nitrogens is 1. The molecule has 0 radical (unpaired) electrons. The third-order valence-corrected chi connectivity index (χ3v) is 3.24. The first-order valence-electron chi connectivity index (χ1n) is 6.23. The molecule has 118 valence electrons. The Hall–Kier alpha value is -2.06. The third kappa shape index (κ3) is 4.47. The number of rotatable bonds is 6. The second-order valence-corrected chi connectivity index (χ2v) is 6.03. The van der Waals surface area contributed by atoms with Crippen LogP contribution in [0, 0.1) is 0 Å². The van der Waals surface area contributed by atoms with Gasteiger partial charge in [-0.25, -0.2) is 4.79 Å². The molecule has 2 aromatic heterocycles. The first-order chi connectivity index (χ1) is 10.4. The number of nitrogens with one attached hydrogen (secondary N) is 1. The Kier molecular flexibility index (Phi) is 5.04. The van der Waals surface area contributed by atoms with Gasteiger partial charge in [0.05, 0.1) is 18.7 Å². The van der Waals surface area contributed by atoms with Gasteiger partial charge in [-0.15, -0.1) is 0 Å². The molecule has 2 heterocycles. The van der Waals surface area contributed by atoms with E-state index in [2.05, 4.69) is 9.97 Å². The van der Waals surface area contributed by atoms with Crippen molar-refractivity contribution < 1.29 is 19.1 Å². The Morgan fingerprint density at radius 1 is 1.36 bits per heavy atom. The molecule has 0 aliphatic heterocycles. The van der Waals surface area contributed by atoms with Crippen molar-refractivity contribution in [3.8, 4) is 11.1 Å². The molecule has 0 saturated heterocycles. The van der Waals surface area contributed by atoms with Crippen molar-refractivity contribution >= 4 is 7.60 Å². The molecule has 0 aliphatic rings. The Labute approximate surface area is 124 Å². The SMILES string of the molecule is O=c1[nH]c(=O)n(CCOCP(=O)(O)O)cc1-c1cccnc1. The van der Waals surface area contributed by atoms with Gasteiger partial charge in [0, 0.05) is 24.2 Å². The van der Waals surface area contributed by atoms with Gasteiger partial charge in [-0.05, 0) is 6.07 Å². The largest absolute Gasteiger partial charge is 0.367 e. The highest BCUT2D eigenvalue weighted by Gasteiger charge is 2.12. The van der Waals surface area contributed by atoms with Gasteiger partial charge < -0.3 is 14.5 Å². The van der Waals surface area contributed by atoms with Crippen LogP contribution in [0.5, 0.6) is 0 Å². The third-order valence-electron chi connectivity index (χ3n) is 2.72. The Morgan fingerprint density at radius 2 is 2.14 bits per heavy atom. The van der Waals surface area contributed by atoms with Crippen molar-refractivity contribution in [3.05, 3.63) is 51.6 Å². The van der Waals surface area contributed by atoms with Crippen molar-refractivity contribution in [2.24, 2.45) is 0 Å². The summed E-state index contributed by atoms with van der Waals surface area (Å²) in [5.74, 6) is 0. The van der Waals surface area contributed by atoms with Crippen LogP contribution in [0.25, 0.3) is 11.1 Å². The summed E-state index contributed by atoms with van der Waals surface area (Å²) >= 11 is 0. The molecule has 0 fully saturated rings. The summed E-state index contributed by atoms with van der Waals surface area (Å²) in [5.41, 5.74) is -0.348. The zero-order chi connectivity index (χ0) is 16.2. The zero-order valence-electron chi connectivity index (χ0n) is 11.4. The second kappa shape index (κ2) is 6.80. The number of hydrogen-bond donors (Lipinski definition) is 3. The standard InChI is InChI=1S/C12H14N3O6P/c16-11-10(9-2-1-3-13-6-9)7-15(12(17)14-11)4-5-21-8-22(18,19)20/h1-3,6-7H,4-5,8H2,(H,14,16,17)(H2,18,19,20). The molecule has 0 spiro atoms. The maximum Gasteiger partial charge on any atom is 0.350 e. The van der Waals surface area contributed by atoms with Gasteiger partial charge in [0.1, 0.15) is 6.35 Å². The first kappa shape index (κ1) is 16.3. The predicted molar refractivity (Wildman–Crippen MR) is 77.4 cm³/mol. The van der Waals surface area contributed by atoms with E-state index in [1.54, 1.807) is 18.3 Å². The highest BCUT2D eigenvalue weighted by Crippen LogP contribution is 2.33. The fourth-order valence-electron chi connectivity index (χ4n) is 1.75. The average molecular weight is 327 g/mol. The number of pyridine rings is 1. The minimum absolute atomic E-state index is 0.0445. The van der Waals surface area contributed by atoms with Crippen molar-refractivity contribution in [1.82, 2.24) is 14.5 Å². The van der Waals surface area contributed by atoms with Crippen LogP contribution < -0.4 is 11.2 Å². The molecule has 0 atom stereocenters. The van der Waals surface area contributed by atoms with E-state index < -0.39 is 25.2 Å². The number of aromatic nitrogens is 3. The maximum atomic E-state index is 11.8. The van der Waals surface area contributed by atoms with E-state index in [0.29, 0.717) is 5.56 Å². The fourth-order valence-corrected chi connectivity index (χ4v) is 2.12. The van der Waals surface area contributed by atoms with Gasteiger partial charge in [0.15, 0.2) is 0 Å². The molecule has 0 unspecified atom stereocenters. The number of hydrogen-bond acceptors (Lipinski definition) is 5. The number of ether oxygens (including phenoxy) is 1. The van der Waals surface area contributed by atoms with Crippen molar-refractivity contribution in [1.29, 1.82) is 0 Å². The minimum atomic E-state index is -4.24. The van der Waals surface area contributed by atoms with Gasteiger partial charge in [-0.3, -0.25) is 23.9 Å². The van der Waals surface area contributed by atoms with E-state index in [1.165, 1.54) is 17.0 Å². The monoisotopic (exact) mass is 327 g/mol. The van der Waals surface area contributed by atoms with E-state index in [1.807, 2.05) is 0 Å². The van der Waals surface area contributed by atoms with Gasteiger partial charge in [0.2, 0.25) is 0 Å². The Balaban J connectivity index is 2.17. The van der Waals surface area contributed by atoms with E-state index >= 15 is 0 Å². The van der Waals surface area contributed by atoms with E-state index in [9.17, 15) is 14.2 Å². The normalized spacial score (nSPS) is 11.5. The van der Waals surface area contributed by atoms with Crippen molar-refractivity contribution in [3.63, 3.8) is 0 Å². The van der Waals surface area contributed by atoms with Crippen LogP contribution >= 0.6 is 7.60 Å². The summed E-state index contributed by atoms with van der Waals surface area (Å²) < 4.78 is 16.6. The lowest BCUT2D eigenvalue weighted by Gasteiger charge is -2.09. The summed E-state index contributed by atoms with van der Waals surface area (Å²) in [5, 5.41) is 0. The summed E-state index contributed by atoms with van der Waals surface area (Å²) in [6.07, 6.45) is 3.69. The fraction of sp³-hybridized carbons (Fsp3) is 0.250. The molecule has 3 N–H and O–H groups in total.